The molecule has 1 rings (SSSR count). The molecular weight excluding hydrogens is 218 g/mol. The highest BCUT2D eigenvalue weighted by Gasteiger charge is 2.11. The van der Waals surface area contributed by atoms with Crippen LogP contribution in [0, 0.1) is 0 Å². The number of hydrogen-bond acceptors (Lipinski definition) is 3. The SMILES string of the molecule is C=C(O)C(Cc1ccc(NC(C)=O)cc1)OC. The van der Waals surface area contributed by atoms with Crippen LogP contribution in [-0.2, 0) is 16.0 Å². The average Bonchev–Trinajstić information content (AvgIpc) is 2.26. The normalized spacial score (nSPS) is 11.9. The first-order valence-corrected chi connectivity index (χ1v) is 5.30. The number of ether oxygens (including phenoxy) is 1. The fourth-order valence-corrected chi connectivity index (χ4v) is 1.48. The standard InChI is InChI=1S/C13H17NO3/c1-9(15)13(17-3)8-11-4-6-12(7-5-11)14-10(2)16/h4-7,13,15H,1,8H2,2-3H3,(H,14,16). The second-order valence-corrected chi connectivity index (χ2v) is 3.80. The van der Waals surface area contributed by atoms with Crippen LogP contribution in [0.5, 0.6) is 0 Å². The third-order valence-corrected chi connectivity index (χ3v) is 2.35. The highest BCUT2D eigenvalue weighted by atomic mass is 16.5. The van der Waals surface area contributed by atoms with Crippen LogP contribution < -0.4 is 5.32 Å². The van der Waals surface area contributed by atoms with E-state index in [9.17, 15) is 9.90 Å². The minimum atomic E-state index is -0.401. The van der Waals surface area contributed by atoms with E-state index >= 15 is 0 Å². The average molecular weight is 235 g/mol. The Hall–Kier alpha value is -1.81. The molecule has 1 aromatic carbocycles. The van der Waals surface area contributed by atoms with Gasteiger partial charge in [0.15, 0.2) is 0 Å². The molecule has 0 heterocycles. The Morgan fingerprint density at radius 2 is 2.06 bits per heavy atom. The number of methoxy groups -OCH3 is 1. The fourth-order valence-electron chi connectivity index (χ4n) is 1.48. The lowest BCUT2D eigenvalue weighted by Crippen LogP contribution is -2.16. The molecular formula is C13H17NO3. The maximum absolute atomic E-state index is 10.8. The van der Waals surface area contributed by atoms with Gasteiger partial charge in [-0.15, -0.1) is 0 Å². The molecule has 17 heavy (non-hydrogen) atoms. The third kappa shape index (κ3) is 4.28. The molecule has 0 spiro atoms. The summed E-state index contributed by atoms with van der Waals surface area (Å²) in [5.41, 5.74) is 1.75. The molecule has 4 heteroatoms. The van der Waals surface area contributed by atoms with Gasteiger partial charge in [-0.25, -0.2) is 0 Å². The quantitative estimate of drug-likeness (QED) is 0.770. The first kappa shape index (κ1) is 13.3. The second-order valence-electron chi connectivity index (χ2n) is 3.80. The van der Waals surface area contributed by atoms with Crippen molar-refractivity contribution in [3.05, 3.63) is 42.2 Å². The van der Waals surface area contributed by atoms with Crippen LogP contribution in [0.4, 0.5) is 5.69 Å². The molecule has 0 saturated carbocycles. The Labute approximate surface area is 101 Å². The summed E-state index contributed by atoms with van der Waals surface area (Å²) in [6, 6.07) is 7.37. The summed E-state index contributed by atoms with van der Waals surface area (Å²) in [7, 11) is 1.53. The van der Waals surface area contributed by atoms with E-state index in [1.54, 1.807) is 0 Å². The van der Waals surface area contributed by atoms with Crippen LogP contribution in [0.3, 0.4) is 0 Å². The molecule has 0 radical (unpaired) electrons. The van der Waals surface area contributed by atoms with Crippen molar-refractivity contribution in [3.8, 4) is 0 Å². The number of rotatable bonds is 5. The number of benzene rings is 1. The molecule has 0 aliphatic rings. The molecule has 1 aromatic rings. The minimum absolute atomic E-state index is 0.0124. The largest absolute Gasteiger partial charge is 0.510 e. The number of anilines is 1. The number of aliphatic hydroxyl groups excluding tert-OH is 1. The molecule has 0 aliphatic heterocycles. The lowest BCUT2D eigenvalue weighted by molar-refractivity contribution is -0.114. The van der Waals surface area contributed by atoms with E-state index in [0.717, 1.165) is 11.3 Å². The summed E-state index contributed by atoms with van der Waals surface area (Å²) in [5.74, 6) is -0.0882. The van der Waals surface area contributed by atoms with Crippen LogP contribution in [0.1, 0.15) is 12.5 Å². The van der Waals surface area contributed by atoms with Crippen LogP contribution in [0.15, 0.2) is 36.6 Å². The Morgan fingerprint density at radius 3 is 2.47 bits per heavy atom. The number of hydrogen-bond donors (Lipinski definition) is 2. The minimum Gasteiger partial charge on any atom is -0.510 e. The molecule has 2 N–H and O–H groups in total. The monoisotopic (exact) mass is 235 g/mol. The van der Waals surface area contributed by atoms with Gasteiger partial charge in [0, 0.05) is 26.1 Å². The summed E-state index contributed by atoms with van der Waals surface area (Å²) in [6.07, 6.45) is 0.147. The molecule has 92 valence electrons. The topological polar surface area (TPSA) is 58.6 Å². The van der Waals surface area contributed by atoms with Gasteiger partial charge < -0.3 is 15.2 Å². The van der Waals surface area contributed by atoms with Gasteiger partial charge >= 0.3 is 0 Å². The van der Waals surface area contributed by atoms with Crippen molar-refractivity contribution in [1.82, 2.24) is 0 Å². The third-order valence-electron chi connectivity index (χ3n) is 2.35. The Morgan fingerprint density at radius 1 is 1.47 bits per heavy atom. The summed E-state index contributed by atoms with van der Waals surface area (Å²) >= 11 is 0. The van der Waals surface area contributed by atoms with E-state index in [-0.39, 0.29) is 11.7 Å². The van der Waals surface area contributed by atoms with Crippen molar-refractivity contribution >= 4 is 11.6 Å². The van der Waals surface area contributed by atoms with Gasteiger partial charge in [0.25, 0.3) is 0 Å². The molecule has 1 unspecified atom stereocenters. The van der Waals surface area contributed by atoms with Gasteiger partial charge in [-0.2, -0.15) is 0 Å². The van der Waals surface area contributed by atoms with Crippen molar-refractivity contribution in [2.24, 2.45) is 0 Å². The maximum atomic E-state index is 10.8. The molecule has 0 saturated heterocycles. The zero-order valence-electron chi connectivity index (χ0n) is 10.1. The van der Waals surface area contributed by atoms with Gasteiger partial charge in [-0.05, 0) is 17.7 Å². The number of carbonyl (C=O) groups is 1. The molecule has 0 aromatic heterocycles. The predicted molar refractivity (Wildman–Crippen MR) is 67.0 cm³/mol. The van der Waals surface area contributed by atoms with Crippen molar-refractivity contribution in [2.45, 2.75) is 19.4 Å². The first-order valence-electron chi connectivity index (χ1n) is 5.30. The number of nitrogens with one attached hydrogen (secondary N) is 1. The van der Waals surface area contributed by atoms with Gasteiger partial charge in [-0.3, -0.25) is 4.79 Å². The van der Waals surface area contributed by atoms with Crippen LogP contribution >= 0.6 is 0 Å². The fraction of sp³-hybridized carbons (Fsp3) is 0.308. The maximum Gasteiger partial charge on any atom is 0.221 e. The summed E-state index contributed by atoms with van der Waals surface area (Å²) in [6.45, 7) is 4.92. The predicted octanol–water partition coefficient (Wildman–Crippen LogP) is 2.27. The Bertz CT molecular complexity index is 398. The Kier molecular flexibility index (Phi) is 4.72. The number of aliphatic hydroxyl groups is 1. The number of amides is 1. The van der Waals surface area contributed by atoms with Gasteiger partial charge in [0.1, 0.15) is 11.9 Å². The van der Waals surface area contributed by atoms with Crippen LogP contribution in [0.2, 0.25) is 0 Å². The lowest BCUT2D eigenvalue weighted by atomic mass is 10.1. The van der Waals surface area contributed by atoms with Gasteiger partial charge in [0.2, 0.25) is 5.91 Å². The first-order chi connectivity index (χ1) is 8.02. The van der Waals surface area contributed by atoms with E-state index < -0.39 is 6.10 Å². The van der Waals surface area contributed by atoms with E-state index in [4.69, 9.17) is 4.74 Å². The molecule has 0 bridgehead atoms. The molecule has 1 amide bonds. The van der Waals surface area contributed by atoms with E-state index in [0.29, 0.717) is 6.42 Å². The molecule has 4 nitrogen and oxygen atoms in total. The zero-order valence-corrected chi connectivity index (χ0v) is 10.1. The highest BCUT2D eigenvalue weighted by molar-refractivity contribution is 5.88. The Balaban J connectivity index is 2.67. The van der Waals surface area contributed by atoms with Crippen molar-refractivity contribution in [2.75, 3.05) is 12.4 Å². The molecule has 1 atom stereocenters. The molecule has 0 fully saturated rings. The summed E-state index contributed by atoms with van der Waals surface area (Å²) in [4.78, 5) is 10.8. The van der Waals surface area contributed by atoms with Crippen LogP contribution in [0.25, 0.3) is 0 Å². The summed E-state index contributed by atoms with van der Waals surface area (Å²) in [5, 5.41) is 12.0. The van der Waals surface area contributed by atoms with Crippen LogP contribution in [-0.4, -0.2) is 24.2 Å². The van der Waals surface area contributed by atoms with E-state index in [1.807, 2.05) is 24.3 Å². The molecule has 0 aliphatic carbocycles. The van der Waals surface area contributed by atoms with Crippen molar-refractivity contribution in [3.63, 3.8) is 0 Å². The lowest BCUT2D eigenvalue weighted by Gasteiger charge is -2.14. The van der Waals surface area contributed by atoms with E-state index in [1.165, 1.54) is 14.0 Å². The summed E-state index contributed by atoms with van der Waals surface area (Å²) < 4.78 is 5.09. The highest BCUT2D eigenvalue weighted by Crippen LogP contribution is 2.14. The van der Waals surface area contributed by atoms with Crippen molar-refractivity contribution < 1.29 is 14.6 Å². The van der Waals surface area contributed by atoms with Gasteiger partial charge in [-0.1, -0.05) is 18.7 Å². The smallest absolute Gasteiger partial charge is 0.221 e. The van der Waals surface area contributed by atoms with Gasteiger partial charge in [0.05, 0.1) is 0 Å². The van der Waals surface area contributed by atoms with E-state index in [2.05, 4.69) is 11.9 Å². The number of carbonyl (C=O) groups excluding carboxylic acids is 1. The zero-order chi connectivity index (χ0) is 12.8. The van der Waals surface area contributed by atoms with Crippen molar-refractivity contribution in [1.29, 1.82) is 0 Å². The second kappa shape index (κ2) is 6.06.